The fourth-order valence-corrected chi connectivity index (χ4v) is 7.77. The first-order chi connectivity index (χ1) is 15.1. The van der Waals surface area contributed by atoms with Crippen LogP contribution in [0.5, 0.6) is 0 Å². The van der Waals surface area contributed by atoms with E-state index in [1.54, 1.807) is 44.2 Å². The van der Waals surface area contributed by atoms with Crippen molar-refractivity contribution >= 4 is 48.7 Å². The third kappa shape index (κ3) is 6.09. The minimum atomic E-state index is -3.52. The van der Waals surface area contributed by atoms with Crippen molar-refractivity contribution in [1.29, 1.82) is 0 Å². The zero-order valence-corrected chi connectivity index (χ0v) is 20.7. The maximum absolute atomic E-state index is 12.8. The van der Waals surface area contributed by atoms with Gasteiger partial charge in [0.1, 0.15) is 4.21 Å². The number of carbonyl (C=O) groups excluding carboxylic acids is 1. The minimum Gasteiger partial charge on any atom is -0.325 e. The molecule has 1 aliphatic rings. The third-order valence-corrected chi connectivity index (χ3v) is 10.2. The highest BCUT2D eigenvalue weighted by Crippen LogP contribution is 2.28. The van der Waals surface area contributed by atoms with Gasteiger partial charge in [-0.2, -0.15) is 4.31 Å². The lowest BCUT2D eigenvalue weighted by molar-refractivity contribution is -0.115. The Morgan fingerprint density at radius 1 is 1.03 bits per heavy atom. The van der Waals surface area contributed by atoms with Crippen LogP contribution in [-0.4, -0.2) is 45.9 Å². The summed E-state index contributed by atoms with van der Waals surface area (Å²) < 4.78 is 54.1. The van der Waals surface area contributed by atoms with Crippen molar-refractivity contribution in [2.24, 2.45) is 0 Å². The van der Waals surface area contributed by atoms with Crippen LogP contribution >= 0.6 is 11.3 Å². The normalized spacial score (nSPS) is 15.4. The second-order valence-corrected chi connectivity index (χ2v) is 13.0. The van der Waals surface area contributed by atoms with Crippen molar-refractivity contribution in [3.05, 3.63) is 40.8 Å². The van der Waals surface area contributed by atoms with E-state index >= 15 is 0 Å². The van der Waals surface area contributed by atoms with Gasteiger partial charge in [0.05, 0.1) is 17.9 Å². The summed E-state index contributed by atoms with van der Waals surface area (Å²) in [5.41, 5.74) is 1.53. The monoisotopic (exact) mass is 499 g/mol. The van der Waals surface area contributed by atoms with Crippen LogP contribution in [0.15, 0.2) is 34.5 Å². The Hall–Kier alpha value is -1.95. The Morgan fingerprint density at radius 3 is 2.41 bits per heavy atom. The molecule has 32 heavy (non-hydrogen) atoms. The van der Waals surface area contributed by atoms with Gasteiger partial charge in [-0.3, -0.25) is 9.52 Å². The average Bonchev–Trinajstić information content (AvgIpc) is 3.20. The van der Waals surface area contributed by atoms with Crippen molar-refractivity contribution in [1.82, 2.24) is 4.31 Å². The molecule has 0 spiro atoms. The molecule has 176 valence electrons. The predicted octanol–water partition coefficient (Wildman–Crippen LogP) is 3.56. The van der Waals surface area contributed by atoms with Gasteiger partial charge in [-0.1, -0.05) is 19.4 Å². The van der Waals surface area contributed by atoms with Crippen LogP contribution in [0.25, 0.3) is 0 Å². The van der Waals surface area contributed by atoms with Crippen LogP contribution in [-0.2, 0) is 31.3 Å². The summed E-state index contributed by atoms with van der Waals surface area (Å²) in [5.74, 6) is -0.283. The van der Waals surface area contributed by atoms with E-state index in [2.05, 4.69) is 10.0 Å². The minimum absolute atomic E-state index is 0.0179. The second-order valence-electron chi connectivity index (χ2n) is 7.81. The van der Waals surface area contributed by atoms with Crippen molar-refractivity contribution in [2.75, 3.05) is 28.9 Å². The molecule has 0 atom stereocenters. The Kier molecular flexibility index (Phi) is 7.97. The summed E-state index contributed by atoms with van der Waals surface area (Å²) >= 11 is 1.11. The first-order valence-electron chi connectivity index (χ1n) is 10.6. The van der Waals surface area contributed by atoms with Crippen LogP contribution in [0.1, 0.15) is 43.0 Å². The molecule has 0 unspecified atom stereocenters. The summed E-state index contributed by atoms with van der Waals surface area (Å²) in [4.78, 5) is 13.2. The van der Waals surface area contributed by atoms with Crippen LogP contribution < -0.4 is 10.0 Å². The van der Waals surface area contributed by atoms with Crippen molar-refractivity contribution in [2.45, 2.75) is 50.2 Å². The Labute approximate surface area is 194 Å². The lowest BCUT2D eigenvalue weighted by atomic mass is 10.1. The molecule has 1 saturated heterocycles. The van der Waals surface area contributed by atoms with E-state index in [-0.39, 0.29) is 22.3 Å². The molecule has 2 aromatic rings. The number of nitrogens with one attached hydrogen (secondary N) is 2. The molecule has 11 heteroatoms. The molecule has 1 fully saturated rings. The van der Waals surface area contributed by atoms with Crippen molar-refractivity contribution in [3.63, 3.8) is 0 Å². The maximum atomic E-state index is 12.8. The number of nitrogens with zero attached hydrogens (tertiary/aromatic N) is 1. The number of hydrogen-bond acceptors (Lipinski definition) is 6. The molecule has 1 aromatic heterocycles. The van der Waals surface area contributed by atoms with Crippen LogP contribution in [0.2, 0.25) is 0 Å². The molecular weight excluding hydrogens is 470 g/mol. The Bertz CT molecular complexity index is 1170. The van der Waals surface area contributed by atoms with Crippen molar-refractivity contribution in [3.8, 4) is 0 Å². The molecule has 0 aliphatic carbocycles. The first-order valence-corrected chi connectivity index (χ1v) is 14.5. The lowest BCUT2D eigenvalue weighted by Crippen LogP contribution is -2.35. The van der Waals surface area contributed by atoms with E-state index in [1.807, 2.05) is 0 Å². The lowest BCUT2D eigenvalue weighted by Gasteiger charge is -2.25. The molecule has 8 nitrogen and oxygen atoms in total. The molecular formula is C21H29N3O5S3. The number of anilines is 2. The number of amides is 1. The van der Waals surface area contributed by atoms with Gasteiger partial charge in [-0.15, -0.1) is 11.3 Å². The zero-order chi connectivity index (χ0) is 23.4. The van der Waals surface area contributed by atoms with E-state index in [9.17, 15) is 21.6 Å². The van der Waals surface area contributed by atoms with Gasteiger partial charge in [0, 0.05) is 23.7 Å². The molecule has 3 rings (SSSR count). The number of thiophene rings is 1. The number of benzene rings is 1. The molecule has 1 aromatic carbocycles. The first kappa shape index (κ1) is 24.7. The Balaban J connectivity index is 1.67. The number of piperidine rings is 1. The summed E-state index contributed by atoms with van der Waals surface area (Å²) in [6.45, 7) is 4.59. The molecule has 0 bridgehead atoms. The highest BCUT2D eigenvalue weighted by Gasteiger charge is 2.27. The molecule has 2 heterocycles. The standard InChI is InChI=1S/C21H29N3O5S3/c1-3-14-31(26,27)23-19-9-7-8-18(16(19)2)22-20(25)15-17-10-11-21(30-17)32(28,29)24-12-5-4-6-13-24/h7-11,23H,3-6,12-15H2,1-2H3,(H,22,25). The molecule has 2 N–H and O–H groups in total. The van der Waals surface area contributed by atoms with Crippen LogP contribution in [0.4, 0.5) is 11.4 Å². The third-order valence-electron chi connectivity index (χ3n) is 5.23. The summed E-state index contributed by atoms with van der Waals surface area (Å²) in [6.07, 6.45) is 3.31. The molecule has 0 saturated carbocycles. The van der Waals surface area contributed by atoms with Crippen LogP contribution in [0, 0.1) is 6.92 Å². The van der Waals surface area contributed by atoms with E-state index < -0.39 is 20.0 Å². The Morgan fingerprint density at radius 2 is 1.72 bits per heavy atom. The number of carbonyl (C=O) groups is 1. The van der Waals surface area contributed by atoms with Gasteiger partial charge < -0.3 is 5.32 Å². The van der Waals surface area contributed by atoms with E-state index in [0.29, 0.717) is 41.3 Å². The van der Waals surface area contributed by atoms with E-state index in [4.69, 9.17) is 0 Å². The largest absolute Gasteiger partial charge is 0.325 e. The zero-order valence-electron chi connectivity index (χ0n) is 18.3. The quantitative estimate of drug-likeness (QED) is 0.548. The smallest absolute Gasteiger partial charge is 0.252 e. The van der Waals surface area contributed by atoms with Gasteiger partial charge >= 0.3 is 0 Å². The average molecular weight is 500 g/mol. The fraction of sp³-hybridized carbons (Fsp3) is 0.476. The SMILES string of the molecule is CCCS(=O)(=O)Nc1cccc(NC(=O)Cc2ccc(S(=O)(=O)N3CCCCC3)s2)c1C. The van der Waals surface area contributed by atoms with Gasteiger partial charge in [0.25, 0.3) is 10.0 Å². The highest BCUT2D eigenvalue weighted by molar-refractivity contribution is 7.92. The second kappa shape index (κ2) is 10.3. The number of hydrogen-bond donors (Lipinski definition) is 2. The predicted molar refractivity (Wildman–Crippen MR) is 128 cm³/mol. The molecule has 1 aliphatic heterocycles. The van der Waals surface area contributed by atoms with Crippen LogP contribution in [0.3, 0.4) is 0 Å². The van der Waals surface area contributed by atoms with Gasteiger partial charge in [0.15, 0.2) is 0 Å². The summed E-state index contributed by atoms with van der Waals surface area (Å²) in [6, 6.07) is 8.25. The molecule has 1 amide bonds. The fourth-order valence-electron chi connectivity index (χ4n) is 3.55. The summed E-state index contributed by atoms with van der Waals surface area (Å²) in [7, 11) is -6.96. The van der Waals surface area contributed by atoms with Crippen molar-refractivity contribution < 1.29 is 21.6 Å². The molecule has 0 radical (unpaired) electrons. The topological polar surface area (TPSA) is 113 Å². The number of sulfonamides is 2. The maximum Gasteiger partial charge on any atom is 0.252 e. The van der Waals surface area contributed by atoms with Gasteiger partial charge in [-0.05, 0) is 56.0 Å². The number of rotatable bonds is 9. The van der Waals surface area contributed by atoms with E-state index in [0.717, 1.165) is 30.6 Å². The summed E-state index contributed by atoms with van der Waals surface area (Å²) in [5, 5.41) is 2.80. The van der Waals surface area contributed by atoms with Gasteiger partial charge in [-0.25, -0.2) is 16.8 Å². The van der Waals surface area contributed by atoms with E-state index in [1.165, 1.54) is 4.31 Å². The van der Waals surface area contributed by atoms with Gasteiger partial charge in [0.2, 0.25) is 15.9 Å². The highest BCUT2D eigenvalue weighted by atomic mass is 32.2.